The molecule has 10 nitrogen and oxygen atoms in total. The van der Waals surface area contributed by atoms with Crippen molar-refractivity contribution >= 4 is 17.6 Å². The van der Waals surface area contributed by atoms with Crippen molar-refractivity contribution in [1.29, 1.82) is 0 Å². The Balaban J connectivity index is 1.62. The second-order valence-corrected chi connectivity index (χ2v) is 9.53. The molecule has 0 bridgehead atoms. The Morgan fingerprint density at radius 3 is 2.12 bits per heavy atom. The number of carbonyl (C=O) groups excluding carboxylic acids is 3. The molecule has 0 saturated carbocycles. The Morgan fingerprint density at radius 2 is 1.45 bits per heavy atom. The number of hydrogen-bond donors (Lipinski definition) is 3. The highest BCUT2D eigenvalue weighted by Gasteiger charge is 2.28. The average Bonchev–Trinajstić information content (AvgIpc) is 3.02. The molecular weight excluding hydrogens is 540 g/mol. The zero-order valence-corrected chi connectivity index (χ0v) is 24.3. The fraction of sp³-hybridized carbons (Fsp3) is 0.344. The SMILES string of the molecule is COc1ccc(OC)c(C(=O)CCC(=O)N[C@@H](Cc2ccccc2)[C@@H](O)C(=O)NCCc2ccc(OC)c(OC)c2)c1. The molecule has 0 aliphatic carbocycles. The molecule has 0 fully saturated rings. The van der Waals surface area contributed by atoms with Crippen LogP contribution >= 0.6 is 0 Å². The average molecular weight is 579 g/mol. The van der Waals surface area contributed by atoms with Crippen molar-refractivity contribution in [3.05, 3.63) is 83.4 Å². The van der Waals surface area contributed by atoms with Crippen molar-refractivity contribution in [1.82, 2.24) is 10.6 Å². The van der Waals surface area contributed by atoms with E-state index in [1.54, 1.807) is 38.5 Å². The number of Topliss-reactive ketones (excluding diaryl/α,β-unsaturated/α-hetero) is 1. The van der Waals surface area contributed by atoms with Gasteiger partial charge in [0.25, 0.3) is 5.91 Å². The zero-order valence-electron chi connectivity index (χ0n) is 24.3. The van der Waals surface area contributed by atoms with Crippen molar-refractivity contribution in [2.75, 3.05) is 35.0 Å². The maximum absolute atomic E-state index is 12.9. The van der Waals surface area contributed by atoms with E-state index in [1.165, 1.54) is 14.2 Å². The maximum Gasteiger partial charge on any atom is 0.251 e. The Kier molecular flexibility index (Phi) is 12.2. The van der Waals surface area contributed by atoms with Crippen molar-refractivity contribution in [3.8, 4) is 23.0 Å². The first-order valence-electron chi connectivity index (χ1n) is 13.5. The lowest BCUT2D eigenvalue weighted by molar-refractivity contribution is -0.132. The normalized spacial score (nSPS) is 12.0. The van der Waals surface area contributed by atoms with E-state index in [1.807, 2.05) is 42.5 Å². The summed E-state index contributed by atoms with van der Waals surface area (Å²) in [7, 11) is 6.06. The zero-order chi connectivity index (χ0) is 30.5. The van der Waals surface area contributed by atoms with Crippen molar-refractivity contribution in [3.63, 3.8) is 0 Å². The molecule has 0 aliphatic heterocycles. The van der Waals surface area contributed by atoms with Gasteiger partial charge in [0.05, 0.1) is 40.0 Å². The highest BCUT2D eigenvalue weighted by atomic mass is 16.5. The van der Waals surface area contributed by atoms with Crippen LogP contribution in [-0.4, -0.2) is 69.8 Å². The molecule has 3 N–H and O–H groups in total. The van der Waals surface area contributed by atoms with E-state index in [0.717, 1.165) is 11.1 Å². The predicted octanol–water partition coefficient (Wildman–Crippen LogP) is 3.13. The van der Waals surface area contributed by atoms with Crippen LogP contribution in [0.15, 0.2) is 66.7 Å². The number of rotatable bonds is 16. The van der Waals surface area contributed by atoms with Crippen LogP contribution in [-0.2, 0) is 22.4 Å². The largest absolute Gasteiger partial charge is 0.497 e. The van der Waals surface area contributed by atoms with Gasteiger partial charge >= 0.3 is 0 Å². The van der Waals surface area contributed by atoms with E-state index in [2.05, 4.69) is 10.6 Å². The summed E-state index contributed by atoms with van der Waals surface area (Å²) in [6.07, 6.45) is -1.05. The van der Waals surface area contributed by atoms with Crippen molar-refractivity contribution in [2.24, 2.45) is 0 Å². The van der Waals surface area contributed by atoms with Gasteiger partial charge in [0.1, 0.15) is 11.5 Å². The summed E-state index contributed by atoms with van der Waals surface area (Å²) in [6, 6.07) is 18.6. The van der Waals surface area contributed by atoms with E-state index in [-0.39, 0.29) is 31.6 Å². The number of carbonyl (C=O) groups is 3. The number of aliphatic hydroxyl groups excluding tert-OH is 1. The second kappa shape index (κ2) is 16.0. The molecular formula is C32H38N2O8. The van der Waals surface area contributed by atoms with Crippen LogP contribution in [0, 0.1) is 0 Å². The van der Waals surface area contributed by atoms with Gasteiger partial charge in [0.15, 0.2) is 23.4 Å². The van der Waals surface area contributed by atoms with E-state index in [9.17, 15) is 19.5 Å². The van der Waals surface area contributed by atoms with Gasteiger partial charge in [-0.25, -0.2) is 0 Å². The molecule has 0 unspecified atom stereocenters. The highest BCUT2D eigenvalue weighted by molar-refractivity contribution is 6.00. The summed E-state index contributed by atoms with van der Waals surface area (Å²) < 4.78 is 21.1. The van der Waals surface area contributed by atoms with Gasteiger partial charge < -0.3 is 34.7 Å². The summed E-state index contributed by atoms with van der Waals surface area (Å²) in [5.74, 6) is 0.668. The number of nitrogens with one attached hydrogen (secondary N) is 2. The van der Waals surface area contributed by atoms with Gasteiger partial charge in [-0.3, -0.25) is 14.4 Å². The first-order chi connectivity index (χ1) is 20.3. The van der Waals surface area contributed by atoms with E-state index < -0.39 is 24.0 Å². The fourth-order valence-corrected chi connectivity index (χ4v) is 4.44. The summed E-state index contributed by atoms with van der Waals surface area (Å²) in [5.41, 5.74) is 2.05. The van der Waals surface area contributed by atoms with Gasteiger partial charge in [-0.1, -0.05) is 36.4 Å². The third-order valence-corrected chi connectivity index (χ3v) is 6.74. The Labute approximate surface area is 245 Å². The highest BCUT2D eigenvalue weighted by Crippen LogP contribution is 2.28. The summed E-state index contributed by atoms with van der Waals surface area (Å²) >= 11 is 0. The molecule has 3 rings (SSSR count). The maximum atomic E-state index is 12.9. The summed E-state index contributed by atoms with van der Waals surface area (Å²) in [5, 5.41) is 16.4. The number of hydrogen-bond acceptors (Lipinski definition) is 8. The predicted molar refractivity (Wildman–Crippen MR) is 157 cm³/mol. The molecule has 2 atom stereocenters. The lowest BCUT2D eigenvalue weighted by atomic mass is 9.99. The van der Waals surface area contributed by atoms with Gasteiger partial charge in [0, 0.05) is 19.4 Å². The number of ketones is 1. The third kappa shape index (κ3) is 8.97. The second-order valence-electron chi connectivity index (χ2n) is 9.53. The number of amides is 2. The van der Waals surface area contributed by atoms with Gasteiger partial charge in [-0.15, -0.1) is 0 Å². The van der Waals surface area contributed by atoms with Gasteiger partial charge in [-0.2, -0.15) is 0 Å². The summed E-state index contributed by atoms with van der Waals surface area (Å²) in [6.45, 7) is 0.258. The molecule has 10 heteroatoms. The number of aliphatic hydroxyl groups is 1. The smallest absolute Gasteiger partial charge is 0.251 e. The third-order valence-electron chi connectivity index (χ3n) is 6.74. The molecule has 0 aromatic heterocycles. The van der Waals surface area contributed by atoms with Crippen LogP contribution in [0.2, 0.25) is 0 Å². The van der Waals surface area contributed by atoms with Gasteiger partial charge in [0.2, 0.25) is 5.91 Å². The standard InChI is InChI=1S/C32H38N2O8/c1-39-23-11-14-27(40-2)24(20-23)26(35)12-15-30(36)34-25(18-21-8-6-5-7-9-21)31(37)32(38)33-17-16-22-10-13-28(41-3)29(19-22)42-4/h5-11,13-14,19-20,25,31,37H,12,15-18H2,1-4H3,(H,33,38)(H,34,36)/t25-,31+/m0/s1. The lowest BCUT2D eigenvalue weighted by Gasteiger charge is -2.24. The number of methoxy groups -OCH3 is 4. The van der Waals surface area contributed by atoms with Gasteiger partial charge in [-0.05, 0) is 54.3 Å². The topological polar surface area (TPSA) is 132 Å². The first-order valence-corrected chi connectivity index (χ1v) is 13.5. The van der Waals surface area contributed by atoms with Crippen LogP contribution in [0.5, 0.6) is 23.0 Å². The summed E-state index contributed by atoms with van der Waals surface area (Å²) in [4.78, 5) is 38.7. The Morgan fingerprint density at radius 1 is 0.762 bits per heavy atom. The van der Waals surface area contributed by atoms with Crippen LogP contribution < -0.4 is 29.6 Å². The van der Waals surface area contributed by atoms with E-state index in [0.29, 0.717) is 35.0 Å². The molecule has 224 valence electrons. The van der Waals surface area contributed by atoms with Crippen molar-refractivity contribution in [2.45, 2.75) is 37.8 Å². The minimum absolute atomic E-state index is 0.0962. The number of ether oxygens (including phenoxy) is 4. The molecule has 3 aromatic carbocycles. The van der Waals surface area contributed by atoms with E-state index in [4.69, 9.17) is 18.9 Å². The van der Waals surface area contributed by atoms with Crippen LogP contribution in [0.25, 0.3) is 0 Å². The van der Waals surface area contributed by atoms with E-state index >= 15 is 0 Å². The fourth-order valence-electron chi connectivity index (χ4n) is 4.44. The molecule has 2 amide bonds. The molecule has 3 aromatic rings. The molecule has 42 heavy (non-hydrogen) atoms. The van der Waals surface area contributed by atoms with Crippen LogP contribution in [0.1, 0.15) is 34.3 Å². The minimum atomic E-state index is -1.52. The van der Waals surface area contributed by atoms with Crippen molar-refractivity contribution < 1.29 is 38.4 Å². The molecule has 0 saturated heterocycles. The molecule has 0 aliphatic rings. The molecule has 0 spiro atoms. The quantitative estimate of drug-likeness (QED) is 0.221. The molecule has 0 radical (unpaired) electrons. The number of benzene rings is 3. The minimum Gasteiger partial charge on any atom is -0.497 e. The Hall–Kier alpha value is -4.57. The monoisotopic (exact) mass is 578 g/mol. The molecule has 0 heterocycles. The Bertz CT molecular complexity index is 1350. The van der Waals surface area contributed by atoms with Crippen LogP contribution in [0.4, 0.5) is 0 Å². The van der Waals surface area contributed by atoms with Crippen LogP contribution in [0.3, 0.4) is 0 Å². The lowest BCUT2D eigenvalue weighted by Crippen LogP contribution is -2.52. The first kappa shape index (κ1) is 32.0.